The first-order valence-electron chi connectivity index (χ1n) is 4.94. The van der Waals surface area contributed by atoms with Gasteiger partial charge in [-0.1, -0.05) is 15.9 Å². The minimum absolute atomic E-state index is 0.0905. The van der Waals surface area contributed by atoms with Gasteiger partial charge in [0.1, 0.15) is 5.82 Å². The van der Waals surface area contributed by atoms with Gasteiger partial charge in [0.05, 0.1) is 5.69 Å². The van der Waals surface area contributed by atoms with Crippen LogP contribution in [-0.2, 0) is 4.79 Å². The molecule has 1 aromatic rings. The summed E-state index contributed by atoms with van der Waals surface area (Å²) >= 11 is 6.55. The Bertz CT molecular complexity index is 371. The van der Waals surface area contributed by atoms with Crippen LogP contribution in [-0.4, -0.2) is 11.2 Å². The number of rotatable bonds is 5. The maximum Gasteiger partial charge on any atom is 0.224 e. The predicted octanol–water partition coefficient (Wildman–Crippen LogP) is 4.09. The van der Waals surface area contributed by atoms with Crippen LogP contribution < -0.4 is 5.32 Å². The normalized spacial score (nSPS) is 10.2. The van der Waals surface area contributed by atoms with Crippen LogP contribution in [0.2, 0.25) is 0 Å². The number of amides is 1. The summed E-state index contributed by atoms with van der Waals surface area (Å²) in [5.74, 6) is -0.453. The van der Waals surface area contributed by atoms with E-state index in [-0.39, 0.29) is 11.7 Å². The minimum Gasteiger partial charge on any atom is -0.325 e. The highest BCUT2D eigenvalue weighted by atomic mass is 79.9. The fourth-order valence-corrected chi connectivity index (χ4v) is 1.93. The summed E-state index contributed by atoms with van der Waals surface area (Å²) in [5.41, 5.74) is 0.476. The number of carbonyl (C=O) groups is 1. The molecule has 0 heterocycles. The second-order valence-electron chi connectivity index (χ2n) is 3.32. The van der Waals surface area contributed by atoms with Crippen molar-refractivity contribution in [3.63, 3.8) is 0 Å². The summed E-state index contributed by atoms with van der Waals surface area (Å²) in [6.45, 7) is 0. The smallest absolute Gasteiger partial charge is 0.224 e. The third-order valence-electron chi connectivity index (χ3n) is 1.99. The zero-order chi connectivity index (χ0) is 12.0. The van der Waals surface area contributed by atoms with Crippen molar-refractivity contribution in [2.45, 2.75) is 19.3 Å². The van der Waals surface area contributed by atoms with Crippen LogP contribution in [0.15, 0.2) is 22.7 Å². The lowest BCUT2D eigenvalue weighted by molar-refractivity contribution is -0.116. The molecule has 0 bridgehead atoms. The Hall–Kier alpha value is -0.420. The lowest BCUT2D eigenvalue weighted by Gasteiger charge is -2.07. The number of unbranched alkanes of at least 4 members (excludes halogenated alkanes) is 1. The van der Waals surface area contributed by atoms with Crippen LogP contribution in [0.1, 0.15) is 19.3 Å². The molecule has 0 aromatic heterocycles. The van der Waals surface area contributed by atoms with Gasteiger partial charge in [-0.25, -0.2) is 4.39 Å². The molecule has 0 aliphatic heterocycles. The van der Waals surface area contributed by atoms with E-state index >= 15 is 0 Å². The average Bonchev–Trinajstić information content (AvgIpc) is 2.24. The monoisotopic (exact) mass is 351 g/mol. The molecule has 0 saturated carbocycles. The molecular weight excluding hydrogens is 341 g/mol. The Labute approximate surface area is 111 Å². The maximum absolute atomic E-state index is 12.9. The van der Waals surface area contributed by atoms with Gasteiger partial charge < -0.3 is 5.32 Å². The third kappa shape index (κ3) is 4.61. The van der Waals surface area contributed by atoms with Crippen LogP contribution in [0.5, 0.6) is 0 Å². The second-order valence-corrected chi connectivity index (χ2v) is 4.97. The fourth-order valence-electron chi connectivity index (χ4n) is 1.19. The summed E-state index contributed by atoms with van der Waals surface area (Å²) in [6, 6.07) is 4.21. The van der Waals surface area contributed by atoms with Crippen LogP contribution in [0, 0.1) is 5.82 Å². The van der Waals surface area contributed by atoms with E-state index in [4.69, 9.17) is 0 Å². The molecule has 1 amide bonds. The Kier molecular flexibility index (Phi) is 5.98. The highest BCUT2D eigenvalue weighted by Gasteiger charge is 2.06. The molecule has 1 rings (SSSR count). The number of hydrogen-bond acceptors (Lipinski definition) is 1. The Morgan fingerprint density at radius 3 is 2.81 bits per heavy atom. The zero-order valence-electron chi connectivity index (χ0n) is 8.60. The molecule has 0 aliphatic carbocycles. The van der Waals surface area contributed by atoms with Crippen molar-refractivity contribution in [3.8, 4) is 0 Å². The molecule has 0 radical (unpaired) electrons. The van der Waals surface area contributed by atoms with Gasteiger partial charge >= 0.3 is 0 Å². The van der Waals surface area contributed by atoms with E-state index < -0.39 is 0 Å². The molecule has 5 heteroatoms. The van der Waals surface area contributed by atoms with E-state index in [1.807, 2.05) is 0 Å². The van der Waals surface area contributed by atoms with Gasteiger partial charge in [-0.2, -0.15) is 0 Å². The molecule has 0 spiro atoms. The summed E-state index contributed by atoms with van der Waals surface area (Å²) in [7, 11) is 0. The molecule has 16 heavy (non-hydrogen) atoms. The Morgan fingerprint density at radius 1 is 1.38 bits per heavy atom. The number of hydrogen-bond donors (Lipinski definition) is 1. The third-order valence-corrected chi connectivity index (χ3v) is 3.24. The molecule has 1 aromatic carbocycles. The summed E-state index contributed by atoms with van der Waals surface area (Å²) in [6.07, 6.45) is 2.23. The molecule has 0 atom stereocenters. The second kappa shape index (κ2) is 7.01. The molecule has 0 fully saturated rings. The van der Waals surface area contributed by atoms with E-state index in [1.165, 1.54) is 12.1 Å². The topological polar surface area (TPSA) is 29.1 Å². The first-order valence-corrected chi connectivity index (χ1v) is 6.86. The van der Waals surface area contributed by atoms with E-state index in [1.54, 1.807) is 6.07 Å². The van der Waals surface area contributed by atoms with Gasteiger partial charge in [0.25, 0.3) is 0 Å². The first kappa shape index (κ1) is 13.6. The van der Waals surface area contributed by atoms with Gasteiger partial charge in [-0.05, 0) is 47.0 Å². The van der Waals surface area contributed by atoms with Crippen LogP contribution >= 0.6 is 31.9 Å². The molecular formula is C11H12Br2FNO. The van der Waals surface area contributed by atoms with E-state index in [0.717, 1.165) is 18.2 Å². The number of halogens is 3. The highest BCUT2D eigenvalue weighted by Crippen LogP contribution is 2.23. The molecule has 2 nitrogen and oxygen atoms in total. The van der Waals surface area contributed by atoms with E-state index in [9.17, 15) is 9.18 Å². The standard InChI is InChI=1S/C11H12Br2FNO/c12-6-2-1-3-11(16)15-10-7-8(14)4-5-9(10)13/h4-5,7H,1-3,6H2,(H,15,16). The number of anilines is 1. The van der Waals surface area contributed by atoms with Crippen molar-refractivity contribution in [1.82, 2.24) is 0 Å². The predicted molar refractivity (Wildman–Crippen MR) is 70.4 cm³/mol. The van der Waals surface area contributed by atoms with Crippen molar-refractivity contribution in [2.24, 2.45) is 0 Å². The largest absolute Gasteiger partial charge is 0.325 e. The molecule has 0 aliphatic rings. The van der Waals surface area contributed by atoms with Crippen molar-refractivity contribution in [1.29, 1.82) is 0 Å². The number of carbonyl (C=O) groups excluding carboxylic acids is 1. The molecule has 0 saturated heterocycles. The van der Waals surface area contributed by atoms with Crippen molar-refractivity contribution in [2.75, 3.05) is 10.6 Å². The van der Waals surface area contributed by atoms with Crippen molar-refractivity contribution >= 4 is 43.5 Å². The summed E-state index contributed by atoms with van der Waals surface area (Å²) in [5, 5.41) is 3.56. The Balaban J connectivity index is 2.52. The number of alkyl halides is 1. The van der Waals surface area contributed by atoms with Crippen molar-refractivity contribution < 1.29 is 9.18 Å². The molecule has 0 unspecified atom stereocenters. The quantitative estimate of drug-likeness (QED) is 0.627. The first-order chi connectivity index (χ1) is 7.63. The van der Waals surface area contributed by atoms with Crippen LogP contribution in [0.4, 0.5) is 10.1 Å². The lowest BCUT2D eigenvalue weighted by atomic mass is 10.2. The maximum atomic E-state index is 12.9. The van der Waals surface area contributed by atoms with Gasteiger partial charge in [0, 0.05) is 16.2 Å². The van der Waals surface area contributed by atoms with E-state index in [0.29, 0.717) is 16.6 Å². The number of benzene rings is 1. The molecule has 1 N–H and O–H groups in total. The van der Waals surface area contributed by atoms with Gasteiger partial charge in [0.2, 0.25) is 5.91 Å². The van der Waals surface area contributed by atoms with Gasteiger partial charge in [0.15, 0.2) is 0 Å². The van der Waals surface area contributed by atoms with Gasteiger partial charge in [-0.3, -0.25) is 4.79 Å². The van der Waals surface area contributed by atoms with Crippen molar-refractivity contribution in [3.05, 3.63) is 28.5 Å². The number of nitrogens with one attached hydrogen (secondary N) is 1. The summed E-state index contributed by atoms with van der Waals surface area (Å²) in [4.78, 5) is 11.5. The molecule has 88 valence electrons. The van der Waals surface area contributed by atoms with Crippen LogP contribution in [0.3, 0.4) is 0 Å². The van der Waals surface area contributed by atoms with Gasteiger partial charge in [-0.15, -0.1) is 0 Å². The fraction of sp³-hybridized carbons (Fsp3) is 0.364. The minimum atomic E-state index is -0.362. The van der Waals surface area contributed by atoms with Crippen LogP contribution in [0.25, 0.3) is 0 Å². The Morgan fingerprint density at radius 2 is 2.12 bits per heavy atom. The lowest BCUT2D eigenvalue weighted by Crippen LogP contribution is -2.11. The zero-order valence-corrected chi connectivity index (χ0v) is 11.8. The average molecular weight is 353 g/mol. The summed E-state index contributed by atoms with van der Waals surface area (Å²) < 4.78 is 13.6. The highest BCUT2D eigenvalue weighted by molar-refractivity contribution is 9.10. The van der Waals surface area contributed by atoms with E-state index in [2.05, 4.69) is 37.2 Å². The SMILES string of the molecule is O=C(CCCCBr)Nc1cc(F)ccc1Br.